The summed E-state index contributed by atoms with van der Waals surface area (Å²) in [5, 5.41) is 6.78. The van der Waals surface area contributed by atoms with Crippen LogP contribution in [0.2, 0.25) is 0 Å². The Kier molecular flexibility index (Phi) is 6.05. The fourth-order valence-electron chi connectivity index (χ4n) is 2.52. The van der Waals surface area contributed by atoms with Gasteiger partial charge in [-0.1, -0.05) is 0 Å². The van der Waals surface area contributed by atoms with Gasteiger partial charge >= 0.3 is 6.09 Å². The normalized spacial score (nSPS) is 11.0. The zero-order chi connectivity index (χ0) is 22.6. The molecule has 3 aromatic rings. The molecular formula is C20H22N6O5. The third-order valence-electron chi connectivity index (χ3n) is 3.89. The summed E-state index contributed by atoms with van der Waals surface area (Å²) in [6.45, 7) is 5.11. The molecule has 0 saturated heterocycles. The first-order valence-corrected chi connectivity index (χ1v) is 9.24. The number of carbonyl (C=O) groups is 3. The summed E-state index contributed by atoms with van der Waals surface area (Å²) in [4.78, 5) is 40.6. The van der Waals surface area contributed by atoms with Crippen molar-refractivity contribution in [3.63, 3.8) is 0 Å². The monoisotopic (exact) mass is 426 g/mol. The molecule has 0 bridgehead atoms. The number of nitrogens with one attached hydrogen (secondary N) is 3. The average molecular weight is 426 g/mol. The van der Waals surface area contributed by atoms with Crippen LogP contribution in [0.4, 0.5) is 10.5 Å². The zero-order valence-corrected chi connectivity index (χ0v) is 17.4. The van der Waals surface area contributed by atoms with E-state index in [0.29, 0.717) is 17.0 Å². The van der Waals surface area contributed by atoms with E-state index in [9.17, 15) is 14.4 Å². The van der Waals surface area contributed by atoms with E-state index in [-0.39, 0.29) is 17.1 Å². The van der Waals surface area contributed by atoms with Gasteiger partial charge in [0.2, 0.25) is 0 Å². The lowest BCUT2D eigenvalue weighted by Crippen LogP contribution is -2.44. The maximum Gasteiger partial charge on any atom is 0.426 e. The van der Waals surface area contributed by atoms with Crippen molar-refractivity contribution in [1.29, 1.82) is 0 Å². The number of benzene rings is 1. The van der Waals surface area contributed by atoms with Crippen LogP contribution in [0.3, 0.4) is 0 Å². The standard InChI is InChI=1S/C20H22N6O5/c1-20(2,3)31-19(29)25-24-18(28)15-10-22-26-11-13(9-21-16(15)26)23-17(27)12-5-7-14(30-4)8-6-12/h5-11H,1-4H3,(H,23,27)(H,24,28)(H,25,29). The topological polar surface area (TPSA) is 136 Å². The first-order chi connectivity index (χ1) is 14.7. The highest BCUT2D eigenvalue weighted by Gasteiger charge is 2.19. The van der Waals surface area contributed by atoms with Crippen molar-refractivity contribution >= 4 is 29.2 Å². The van der Waals surface area contributed by atoms with Crippen LogP contribution in [0.25, 0.3) is 5.65 Å². The Morgan fingerprint density at radius 3 is 2.35 bits per heavy atom. The van der Waals surface area contributed by atoms with Crippen LogP contribution in [0, 0.1) is 0 Å². The van der Waals surface area contributed by atoms with Gasteiger partial charge in [-0.05, 0) is 45.0 Å². The smallest absolute Gasteiger partial charge is 0.426 e. The van der Waals surface area contributed by atoms with E-state index >= 15 is 0 Å². The molecule has 0 radical (unpaired) electrons. The molecule has 0 fully saturated rings. The number of rotatable bonds is 4. The minimum atomic E-state index is -0.797. The van der Waals surface area contributed by atoms with E-state index in [1.807, 2.05) is 0 Å². The maximum absolute atomic E-state index is 12.4. The number of carbonyl (C=O) groups excluding carboxylic acids is 3. The average Bonchev–Trinajstić information content (AvgIpc) is 3.14. The Balaban J connectivity index is 1.67. The SMILES string of the molecule is COc1ccc(C(=O)Nc2cnc3c(C(=O)NNC(=O)OC(C)(C)C)cnn3c2)cc1. The first kappa shape index (κ1) is 21.6. The molecule has 0 aliphatic rings. The van der Waals surface area contributed by atoms with Gasteiger partial charge in [0.1, 0.15) is 16.9 Å². The number of amides is 3. The van der Waals surface area contributed by atoms with Gasteiger partial charge in [-0.15, -0.1) is 0 Å². The highest BCUT2D eigenvalue weighted by molar-refractivity contribution is 6.04. The van der Waals surface area contributed by atoms with Crippen LogP contribution >= 0.6 is 0 Å². The number of nitrogens with zero attached hydrogens (tertiary/aromatic N) is 3. The van der Waals surface area contributed by atoms with Crippen molar-refractivity contribution in [2.45, 2.75) is 26.4 Å². The lowest BCUT2D eigenvalue weighted by molar-refractivity contribution is 0.0483. The summed E-state index contributed by atoms with van der Waals surface area (Å²) < 4.78 is 11.5. The van der Waals surface area contributed by atoms with Crippen LogP contribution in [0.1, 0.15) is 41.5 Å². The maximum atomic E-state index is 12.4. The molecule has 0 spiro atoms. The molecule has 3 rings (SSSR count). The van der Waals surface area contributed by atoms with E-state index in [1.165, 1.54) is 23.1 Å². The molecular weight excluding hydrogens is 404 g/mol. The van der Waals surface area contributed by atoms with Crippen molar-refractivity contribution < 1.29 is 23.9 Å². The number of aromatic nitrogens is 3. The highest BCUT2D eigenvalue weighted by atomic mass is 16.6. The highest BCUT2D eigenvalue weighted by Crippen LogP contribution is 2.15. The first-order valence-electron chi connectivity index (χ1n) is 9.24. The largest absolute Gasteiger partial charge is 0.497 e. The Morgan fingerprint density at radius 2 is 1.71 bits per heavy atom. The van der Waals surface area contributed by atoms with Crippen LogP contribution < -0.4 is 20.9 Å². The molecule has 3 N–H and O–H groups in total. The number of hydrogen-bond acceptors (Lipinski definition) is 7. The second-order valence-electron chi connectivity index (χ2n) is 7.43. The van der Waals surface area contributed by atoms with Crippen LogP contribution in [-0.2, 0) is 4.74 Å². The summed E-state index contributed by atoms with van der Waals surface area (Å²) in [5.41, 5.74) is 4.90. The molecule has 0 aliphatic carbocycles. The lowest BCUT2D eigenvalue weighted by Gasteiger charge is -2.19. The van der Waals surface area contributed by atoms with Gasteiger partial charge in [-0.25, -0.2) is 19.7 Å². The Hall–Kier alpha value is -4.15. The summed E-state index contributed by atoms with van der Waals surface area (Å²) in [6, 6.07) is 6.63. The van der Waals surface area contributed by atoms with Crippen molar-refractivity contribution in [2.75, 3.05) is 12.4 Å². The second kappa shape index (κ2) is 8.69. The van der Waals surface area contributed by atoms with Gasteiger partial charge in [-0.3, -0.25) is 15.0 Å². The predicted molar refractivity (Wildman–Crippen MR) is 111 cm³/mol. The van der Waals surface area contributed by atoms with Crippen molar-refractivity contribution in [2.24, 2.45) is 0 Å². The van der Waals surface area contributed by atoms with Gasteiger partial charge in [-0.2, -0.15) is 5.10 Å². The number of methoxy groups -OCH3 is 1. The minimum absolute atomic E-state index is 0.129. The second-order valence-corrected chi connectivity index (χ2v) is 7.43. The van der Waals surface area contributed by atoms with E-state index in [2.05, 4.69) is 26.3 Å². The van der Waals surface area contributed by atoms with Crippen LogP contribution in [-0.4, -0.2) is 45.2 Å². The molecule has 2 aromatic heterocycles. The van der Waals surface area contributed by atoms with Gasteiger partial charge in [0.25, 0.3) is 11.8 Å². The van der Waals surface area contributed by atoms with Crippen molar-refractivity contribution in [3.8, 4) is 5.75 Å². The van der Waals surface area contributed by atoms with Gasteiger partial charge in [0.05, 0.1) is 31.4 Å². The van der Waals surface area contributed by atoms with E-state index < -0.39 is 17.6 Å². The van der Waals surface area contributed by atoms with Gasteiger partial charge in [0, 0.05) is 5.56 Å². The number of fused-ring (bicyclic) bond motifs is 1. The van der Waals surface area contributed by atoms with Crippen molar-refractivity contribution in [3.05, 3.63) is 54.0 Å². The number of hydrazine groups is 1. The summed E-state index contributed by atoms with van der Waals surface area (Å²) >= 11 is 0. The summed E-state index contributed by atoms with van der Waals surface area (Å²) in [5.74, 6) is -0.318. The summed E-state index contributed by atoms with van der Waals surface area (Å²) in [6.07, 6.45) is 3.41. The van der Waals surface area contributed by atoms with Crippen LogP contribution in [0.15, 0.2) is 42.9 Å². The molecule has 0 atom stereocenters. The third-order valence-corrected chi connectivity index (χ3v) is 3.89. The van der Waals surface area contributed by atoms with Crippen LogP contribution in [0.5, 0.6) is 5.75 Å². The molecule has 162 valence electrons. The summed E-state index contributed by atoms with van der Waals surface area (Å²) in [7, 11) is 1.54. The molecule has 3 amide bonds. The molecule has 11 nitrogen and oxygen atoms in total. The Bertz CT molecular complexity index is 1120. The van der Waals surface area contributed by atoms with Gasteiger partial charge < -0.3 is 14.8 Å². The Morgan fingerprint density at radius 1 is 1.00 bits per heavy atom. The molecule has 31 heavy (non-hydrogen) atoms. The van der Waals surface area contributed by atoms with E-state index in [0.717, 1.165) is 0 Å². The zero-order valence-electron chi connectivity index (χ0n) is 17.4. The quantitative estimate of drug-likeness (QED) is 0.544. The predicted octanol–water partition coefficient (Wildman–Crippen LogP) is 2.16. The molecule has 0 unspecified atom stereocenters. The number of ether oxygens (including phenoxy) is 2. The van der Waals surface area contributed by atoms with E-state index in [1.54, 1.807) is 52.1 Å². The molecule has 11 heteroatoms. The fourth-order valence-corrected chi connectivity index (χ4v) is 2.52. The minimum Gasteiger partial charge on any atom is -0.497 e. The van der Waals surface area contributed by atoms with Gasteiger partial charge in [0.15, 0.2) is 5.65 Å². The molecule has 0 aliphatic heterocycles. The third kappa shape index (κ3) is 5.47. The number of anilines is 1. The fraction of sp³-hybridized carbons (Fsp3) is 0.250. The molecule has 0 saturated carbocycles. The van der Waals surface area contributed by atoms with E-state index in [4.69, 9.17) is 9.47 Å². The Labute approximate surface area is 177 Å². The number of hydrogen-bond donors (Lipinski definition) is 3. The molecule has 2 heterocycles. The van der Waals surface area contributed by atoms with Crippen molar-refractivity contribution in [1.82, 2.24) is 25.4 Å². The molecule has 1 aromatic carbocycles. The lowest BCUT2D eigenvalue weighted by atomic mass is 10.2.